The highest BCUT2D eigenvalue weighted by Gasteiger charge is 2.39. The van der Waals surface area contributed by atoms with E-state index in [4.69, 9.17) is 4.74 Å². The molecule has 2 aromatic carbocycles. The van der Waals surface area contributed by atoms with Gasteiger partial charge in [-0.15, -0.1) is 0 Å². The Morgan fingerprint density at radius 1 is 0.750 bits per heavy atom. The van der Waals surface area contributed by atoms with Crippen molar-refractivity contribution in [2.75, 3.05) is 6.61 Å². The number of ether oxygens (including phenoxy) is 1. The van der Waals surface area contributed by atoms with Crippen molar-refractivity contribution in [2.45, 2.75) is 116 Å². The third kappa shape index (κ3) is 6.81. The smallest absolute Gasteiger partial charge is 0.311 e. The van der Waals surface area contributed by atoms with Crippen LogP contribution in [0.1, 0.15) is 127 Å². The summed E-state index contributed by atoms with van der Waals surface area (Å²) < 4.78 is 5.61. The average Bonchev–Trinajstić information content (AvgIpc) is 2.92. The normalized spacial score (nSPS) is 26.5. The molecular weight excluding hydrogens is 440 g/mol. The molecule has 0 N–H and O–H groups in total. The highest BCUT2D eigenvalue weighted by molar-refractivity contribution is 5.76. The summed E-state index contributed by atoms with van der Waals surface area (Å²) in [6.45, 7) is 7.17. The largest absolute Gasteiger partial charge is 0.465 e. The molecule has 0 spiro atoms. The summed E-state index contributed by atoms with van der Waals surface area (Å²) in [6.07, 6.45) is 15.5. The van der Waals surface area contributed by atoms with Gasteiger partial charge < -0.3 is 4.74 Å². The van der Waals surface area contributed by atoms with Gasteiger partial charge in [0.25, 0.3) is 0 Å². The summed E-state index contributed by atoms with van der Waals surface area (Å²) >= 11 is 0. The molecule has 196 valence electrons. The van der Waals surface area contributed by atoms with E-state index < -0.39 is 0 Å². The van der Waals surface area contributed by atoms with Crippen molar-refractivity contribution in [3.63, 3.8) is 0 Å². The summed E-state index contributed by atoms with van der Waals surface area (Å²) in [4.78, 5) is 12.7. The zero-order valence-corrected chi connectivity index (χ0v) is 23.1. The predicted octanol–water partition coefficient (Wildman–Crippen LogP) is 9.82. The Kier molecular flexibility index (Phi) is 9.68. The summed E-state index contributed by atoms with van der Waals surface area (Å²) in [6, 6.07) is 18.6. The quantitative estimate of drug-likeness (QED) is 0.246. The maximum Gasteiger partial charge on any atom is 0.311 e. The van der Waals surface area contributed by atoms with Gasteiger partial charge in [0.2, 0.25) is 0 Å². The van der Waals surface area contributed by atoms with Crippen molar-refractivity contribution in [1.29, 1.82) is 0 Å². The second-order valence-corrected chi connectivity index (χ2v) is 11.9. The lowest BCUT2D eigenvalue weighted by atomic mass is 9.70. The average molecular weight is 489 g/mol. The van der Waals surface area contributed by atoms with Gasteiger partial charge in [0.1, 0.15) is 0 Å². The van der Waals surface area contributed by atoms with E-state index in [1.165, 1.54) is 60.8 Å². The molecule has 0 aliphatic heterocycles. The molecule has 2 aliphatic rings. The van der Waals surface area contributed by atoms with Crippen molar-refractivity contribution < 1.29 is 9.53 Å². The molecule has 0 unspecified atom stereocenters. The standard InChI is InChI=1S/C34H48O2/c1-4-6-7-25-36-33(35)34(3)23-21-32(22-24-34)31-19-17-30(18-20-31)29-15-13-28(14-16-29)27-11-9-26(8-5-2)10-12-27/h13-20,26-27,32H,4-12,21-25H2,1-3H3/t26-,27-,32?,34?. The number of hydrogen-bond donors (Lipinski definition) is 0. The Morgan fingerprint density at radius 3 is 1.78 bits per heavy atom. The number of unbranched alkanes of at least 4 members (excludes halogenated alkanes) is 2. The minimum atomic E-state index is -0.306. The van der Waals surface area contributed by atoms with E-state index in [0.717, 1.165) is 56.8 Å². The lowest BCUT2D eigenvalue weighted by molar-refractivity contribution is -0.157. The van der Waals surface area contributed by atoms with E-state index in [-0.39, 0.29) is 11.4 Å². The molecule has 0 amide bonds. The molecule has 36 heavy (non-hydrogen) atoms. The van der Waals surface area contributed by atoms with Gasteiger partial charge in [-0.1, -0.05) is 88.1 Å². The summed E-state index contributed by atoms with van der Waals surface area (Å²) in [7, 11) is 0. The lowest BCUT2D eigenvalue weighted by Crippen LogP contribution is -2.34. The van der Waals surface area contributed by atoms with Crippen LogP contribution in [0, 0.1) is 11.3 Å². The van der Waals surface area contributed by atoms with Crippen molar-refractivity contribution in [3.8, 4) is 11.1 Å². The van der Waals surface area contributed by atoms with Crippen LogP contribution in [-0.4, -0.2) is 12.6 Å². The SMILES string of the molecule is CCCCCOC(=O)C1(C)CCC(c2ccc(-c3ccc([C@H]4CC[C@H](CCC)CC4)cc3)cc2)CC1. The first kappa shape index (κ1) is 27.0. The number of carbonyl (C=O) groups is 1. The molecule has 0 bridgehead atoms. The second kappa shape index (κ2) is 12.9. The summed E-state index contributed by atoms with van der Waals surface area (Å²) in [5, 5.41) is 0. The predicted molar refractivity (Wildman–Crippen MR) is 151 cm³/mol. The van der Waals surface area contributed by atoms with Crippen LogP contribution in [-0.2, 0) is 9.53 Å². The van der Waals surface area contributed by atoms with Gasteiger partial charge in [-0.25, -0.2) is 0 Å². The molecule has 2 heteroatoms. The molecular formula is C34H48O2. The molecule has 0 saturated heterocycles. The molecule has 2 nitrogen and oxygen atoms in total. The van der Waals surface area contributed by atoms with E-state index in [1.54, 1.807) is 0 Å². The van der Waals surface area contributed by atoms with Gasteiger partial charge in [0, 0.05) is 0 Å². The Hall–Kier alpha value is -2.09. The highest BCUT2D eigenvalue weighted by Crippen LogP contribution is 2.44. The van der Waals surface area contributed by atoms with Gasteiger partial charge in [0.05, 0.1) is 12.0 Å². The topological polar surface area (TPSA) is 26.3 Å². The second-order valence-electron chi connectivity index (χ2n) is 11.9. The first-order valence-corrected chi connectivity index (χ1v) is 14.9. The zero-order chi connectivity index (χ0) is 25.4. The Bertz CT molecular complexity index is 926. The van der Waals surface area contributed by atoms with Crippen LogP contribution >= 0.6 is 0 Å². The minimum Gasteiger partial charge on any atom is -0.465 e. The van der Waals surface area contributed by atoms with Crippen LogP contribution in [0.4, 0.5) is 0 Å². The van der Waals surface area contributed by atoms with Crippen LogP contribution in [0.2, 0.25) is 0 Å². The molecule has 4 rings (SSSR count). The highest BCUT2D eigenvalue weighted by atomic mass is 16.5. The van der Waals surface area contributed by atoms with Gasteiger partial charge in [-0.05, 0) is 105 Å². The van der Waals surface area contributed by atoms with Gasteiger partial charge in [-0.3, -0.25) is 4.79 Å². The molecule has 2 aliphatic carbocycles. The van der Waals surface area contributed by atoms with E-state index in [9.17, 15) is 4.79 Å². The van der Waals surface area contributed by atoms with Crippen molar-refractivity contribution in [2.24, 2.45) is 11.3 Å². The van der Waals surface area contributed by atoms with Crippen molar-refractivity contribution in [3.05, 3.63) is 59.7 Å². The molecule has 0 heterocycles. The summed E-state index contributed by atoms with van der Waals surface area (Å²) in [5.41, 5.74) is 5.25. The molecule has 2 aromatic rings. The zero-order valence-electron chi connectivity index (χ0n) is 23.1. The van der Waals surface area contributed by atoms with Gasteiger partial charge >= 0.3 is 5.97 Å². The van der Waals surface area contributed by atoms with Crippen molar-refractivity contribution >= 4 is 5.97 Å². The Balaban J connectivity index is 1.28. The van der Waals surface area contributed by atoms with Crippen LogP contribution in [0.15, 0.2) is 48.5 Å². The number of rotatable bonds is 10. The first-order chi connectivity index (χ1) is 17.5. The van der Waals surface area contributed by atoms with Crippen LogP contribution < -0.4 is 0 Å². The van der Waals surface area contributed by atoms with E-state index in [1.807, 2.05) is 0 Å². The van der Waals surface area contributed by atoms with Crippen LogP contribution in [0.5, 0.6) is 0 Å². The monoisotopic (exact) mass is 488 g/mol. The molecule has 2 fully saturated rings. The fraction of sp³-hybridized carbons (Fsp3) is 0.618. The van der Waals surface area contributed by atoms with Gasteiger partial charge in [0.15, 0.2) is 0 Å². The van der Waals surface area contributed by atoms with Crippen LogP contribution in [0.3, 0.4) is 0 Å². The third-order valence-corrected chi connectivity index (χ3v) is 9.20. The third-order valence-electron chi connectivity index (χ3n) is 9.20. The minimum absolute atomic E-state index is 0.0184. The van der Waals surface area contributed by atoms with E-state index in [0.29, 0.717) is 12.5 Å². The molecule has 0 radical (unpaired) electrons. The maximum absolute atomic E-state index is 12.7. The van der Waals surface area contributed by atoms with Crippen molar-refractivity contribution in [1.82, 2.24) is 0 Å². The van der Waals surface area contributed by atoms with Crippen LogP contribution in [0.25, 0.3) is 11.1 Å². The Labute approximate surface area is 220 Å². The van der Waals surface area contributed by atoms with Gasteiger partial charge in [-0.2, -0.15) is 0 Å². The maximum atomic E-state index is 12.7. The number of carbonyl (C=O) groups excluding carboxylic acids is 1. The lowest BCUT2D eigenvalue weighted by Gasteiger charge is -2.35. The van der Waals surface area contributed by atoms with E-state index in [2.05, 4.69) is 69.3 Å². The summed E-state index contributed by atoms with van der Waals surface area (Å²) in [5.74, 6) is 2.28. The number of benzene rings is 2. The Morgan fingerprint density at radius 2 is 1.28 bits per heavy atom. The molecule has 0 aromatic heterocycles. The number of esters is 1. The number of hydrogen-bond acceptors (Lipinski definition) is 2. The fourth-order valence-corrected chi connectivity index (χ4v) is 6.57. The fourth-order valence-electron chi connectivity index (χ4n) is 6.57. The first-order valence-electron chi connectivity index (χ1n) is 14.9. The van der Waals surface area contributed by atoms with E-state index >= 15 is 0 Å². The molecule has 0 atom stereocenters. The molecule has 2 saturated carbocycles.